The molecule has 1 rings (SSSR count). The Kier molecular flexibility index (Phi) is 7.96. The molecule has 0 radical (unpaired) electrons. The number of hydrogen-bond donors (Lipinski definition) is 2. The van der Waals surface area contributed by atoms with E-state index in [2.05, 4.69) is 15.6 Å². The maximum atomic E-state index is 13.1. The Bertz CT molecular complexity index is 503. The molecule has 0 bridgehead atoms. The lowest BCUT2D eigenvalue weighted by atomic mass is 10.1. The summed E-state index contributed by atoms with van der Waals surface area (Å²) < 4.78 is 13.1. The largest absolute Gasteiger partial charge is 0.357 e. The fourth-order valence-corrected chi connectivity index (χ4v) is 1.85. The third kappa shape index (κ3) is 7.06. The third-order valence-corrected chi connectivity index (χ3v) is 3.03. The summed E-state index contributed by atoms with van der Waals surface area (Å²) >= 11 is 0. The Labute approximate surface area is 131 Å². The van der Waals surface area contributed by atoms with Crippen molar-refractivity contribution < 1.29 is 9.18 Å². The minimum absolute atomic E-state index is 0.0550. The molecule has 0 aliphatic carbocycles. The summed E-state index contributed by atoms with van der Waals surface area (Å²) in [7, 11) is 3.46. The zero-order valence-corrected chi connectivity index (χ0v) is 13.5. The Hall–Kier alpha value is -2.11. The smallest absolute Gasteiger partial charge is 0.223 e. The normalized spacial score (nSPS) is 11.2. The first-order valence-corrected chi connectivity index (χ1v) is 7.49. The monoisotopic (exact) mass is 308 g/mol. The number of hydrogen-bond acceptors (Lipinski definition) is 2. The summed E-state index contributed by atoms with van der Waals surface area (Å²) in [6, 6.07) is 6.56. The van der Waals surface area contributed by atoms with Crippen LogP contribution in [0.15, 0.2) is 29.3 Å². The number of halogens is 1. The molecule has 0 saturated carbocycles. The summed E-state index contributed by atoms with van der Waals surface area (Å²) in [5.41, 5.74) is 0.936. The molecule has 0 aliphatic heterocycles. The summed E-state index contributed by atoms with van der Waals surface area (Å²) in [5, 5.41) is 6.31. The lowest BCUT2D eigenvalue weighted by Crippen LogP contribution is -2.38. The van der Waals surface area contributed by atoms with Crippen LogP contribution in [0, 0.1) is 5.82 Å². The fourth-order valence-electron chi connectivity index (χ4n) is 1.85. The van der Waals surface area contributed by atoms with Crippen molar-refractivity contribution in [2.75, 3.05) is 33.7 Å². The van der Waals surface area contributed by atoms with Crippen molar-refractivity contribution in [3.8, 4) is 0 Å². The third-order valence-electron chi connectivity index (χ3n) is 3.03. The van der Waals surface area contributed by atoms with Crippen molar-refractivity contribution in [3.63, 3.8) is 0 Å². The average Bonchev–Trinajstić information content (AvgIpc) is 2.47. The molecule has 1 amide bonds. The van der Waals surface area contributed by atoms with E-state index in [1.54, 1.807) is 25.1 Å². The van der Waals surface area contributed by atoms with E-state index in [0.717, 1.165) is 12.1 Å². The first kappa shape index (κ1) is 17.9. The molecule has 1 aromatic rings. The highest BCUT2D eigenvalue weighted by Gasteiger charge is 2.03. The Morgan fingerprint density at radius 1 is 1.32 bits per heavy atom. The van der Waals surface area contributed by atoms with Crippen LogP contribution in [0.4, 0.5) is 4.39 Å². The molecule has 2 N–H and O–H groups in total. The Balaban J connectivity index is 2.41. The topological polar surface area (TPSA) is 56.7 Å². The molecule has 0 saturated heterocycles. The molecule has 0 unspecified atom stereocenters. The molecule has 0 aromatic heterocycles. The van der Waals surface area contributed by atoms with Gasteiger partial charge in [-0.15, -0.1) is 0 Å². The van der Waals surface area contributed by atoms with Gasteiger partial charge in [-0.25, -0.2) is 4.39 Å². The van der Waals surface area contributed by atoms with E-state index in [0.29, 0.717) is 31.9 Å². The fraction of sp³-hybridized carbons (Fsp3) is 0.500. The first-order valence-electron chi connectivity index (χ1n) is 7.49. The number of rotatable bonds is 7. The highest BCUT2D eigenvalue weighted by atomic mass is 19.1. The van der Waals surface area contributed by atoms with E-state index < -0.39 is 0 Å². The van der Waals surface area contributed by atoms with Gasteiger partial charge in [-0.1, -0.05) is 12.1 Å². The van der Waals surface area contributed by atoms with E-state index in [9.17, 15) is 9.18 Å². The summed E-state index contributed by atoms with van der Waals surface area (Å²) in [6.07, 6.45) is 1.09. The van der Waals surface area contributed by atoms with Gasteiger partial charge in [-0.2, -0.15) is 0 Å². The van der Waals surface area contributed by atoms with Crippen LogP contribution in [-0.4, -0.2) is 50.5 Å². The van der Waals surface area contributed by atoms with Crippen molar-refractivity contribution in [2.24, 2.45) is 4.99 Å². The molecule has 1 aromatic carbocycles. The molecule has 0 spiro atoms. The van der Waals surface area contributed by atoms with E-state index in [4.69, 9.17) is 0 Å². The number of aliphatic imine (C=N–C) groups is 1. The SMILES string of the molecule is CCNC(=NCCC(=O)N(C)C)NCCc1cccc(F)c1. The lowest BCUT2D eigenvalue weighted by Gasteiger charge is -2.12. The van der Waals surface area contributed by atoms with Gasteiger partial charge in [0.15, 0.2) is 5.96 Å². The average molecular weight is 308 g/mol. The van der Waals surface area contributed by atoms with Gasteiger partial charge in [0.25, 0.3) is 0 Å². The van der Waals surface area contributed by atoms with Gasteiger partial charge in [0, 0.05) is 33.6 Å². The van der Waals surface area contributed by atoms with Crippen molar-refractivity contribution in [1.82, 2.24) is 15.5 Å². The zero-order valence-electron chi connectivity index (χ0n) is 13.5. The summed E-state index contributed by atoms with van der Waals surface area (Å²) in [4.78, 5) is 17.4. The standard InChI is InChI=1S/C16H25FN4O/c1-4-18-16(20-11-9-15(22)21(2)3)19-10-8-13-6-5-7-14(17)12-13/h5-7,12H,4,8-11H2,1-3H3,(H2,18,19,20). The quantitative estimate of drug-likeness (QED) is 0.591. The van der Waals surface area contributed by atoms with Crippen molar-refractivity contribution >= 4 is 11.9 Å². The molecule has 6 heteroatoms. The number of carbonyl (C=O) groups is 1. The first-order chi connectivity index (χ1) is 10.5. The van der Waals surface area contributed by atoms with Crippen LogP contribution in [0.2, 0.25) is 0 Å². The van der Waals surface area contributed by atoms with E-state index in [1.165, 1.54) is 12.1 Å². The molecule has 0 atom stereocenters. The Morgan fingerprint density at radius 2 is 2.09 bits per heavy atom. The molecule has 22 heavy (non-hydrogen) atoms. The van der Waals surface area contributed by atoms with Crippen LogP contribution in [-0.2, 0) is 11.2 Å². The molecule has 0 aliphatic rings. The van der Waals surface area contributed by atoms with Gasteiger partial charge >= 0.3 is 0 Å². The van der Waals surface area contributed by atoms with Crippen LogP contribution in [0.3, 0.4) is 0 Å². The summed E-state index contributed by atoms with van der Waals surface area (Å²) in [5.74, 6) is 0.505. The predicted octanol–water partition coefficient (Wildman–Crippen LogP) is 1.40. The second-order valence-electron chi connectivity index (χ2n) is 5.11. The number of nitrogens with one attached hydrogen (secondary N) is 2. The van der Waals surface area contributed by atoms with Gasteiger partial charge in [0.1, 0.15) is 5.82 Å². The van der Waals surface area contributed by atoms with E-state index >= 15 is 0 Å². The van der Waals surface area contributed by atoms with Crippen LogP contribution >= 0.6 is 0 Å². The van der Waals surface area contributed by atoms with Crippen molar-refractivity contribution in [2.45, 2.75) is 19.8 Å². The maximum absolute atomic E-state index is 13.1. The van der Waals surface area contributed by atoms with Gasteiger partial charge in [0.05, 0.1) is 6.54 Å². The van der Waals surface area contributed by atoms with E-state index in [-0.39, 0.29) is 11.7 Å². The van der Waals surface area contributed by atoms with Crippen LogP contribution in [0.25, 0.3) is 0 Å². The van der Waals surface area contributed by atoms with Crippen molar-refractivity contribution in [3.05, 3.63) is 35.6 Å². The summed E-state index contributed by atoms with van der Waals surface area (Å²) in [6.45, 7) is 3.81. The number of nitrogens with zero attached hydrogens (tertiary/aromatic N) is 2. The number of amides is 1. The van der Waals surface area contributed by atoms with Gasteiger partial charge in [0.2, 0.25) is 5.91 Å². The lowest BCUT2D eigenvalue weighted by molar-refractivity contribution is -0.128. The minimum Gasteiger partial charge on any atom is -0.357 e. The zero-order chi connectivity index (χ0) is 16.4. The van der Waals surface area contributed by atoms with Gasteiger partial charge in [-0.3, -0.25) is 9.79 Å². The number of benzene rings is 1. The minimum atomic E-state index is -0.222. The molecular formula is C16H25FN4O. The van der Waals surface area contributed by atoms with Crippen LogP contribution in [0.5, 0.6) is 0 Å². The number of guanidine groups is 1. The highest BCUT2D eigenvalue weighted by Crippen LogP contribution is 2.03. The molecule has 0 heterocycles. The van der Waals surface area contributed by atoms with Crippen LogP contribution < -0.4 is 10.6 Å². The van der Waals surface area contributed by atoms with Gasteiger partial charge in [-0.05, 0) is 31.0 Å². The van der Waals surface area contributed by atoms with Crippen LogP contribution in [0.1, 0.15) is 18.9 Å². The number of carbonyl (C=O) groups excluding carboxylic acids is 1. The molecule has 5 nitrogen and oxygen atoms in total. The van der Waals surface area contributed by atoms with Crippen molar-refractivity contribution in [1.29, 1.82) is 0 Å². The second-order valence-corrected chi connectivity index (χ2v) is 5.11. The molecule has 0 fully saturated rings. The second kappa shape index (κ2) is 9.76. The van der Waals surface area contributed by atoms with E-state index in [1.807, 2.05) is 13.0 Å². The van der Waals surface area contributed by atoms with Gasteiger partial charge < -0.3 is 15.5 Å². The molecule has 122 valence electrons. The Morgan fingerprint density at radius 3 is 2.73 bits per heavy atom. The maximum Gasteiger partial charge on any atom is 0.223 e. The highest BCUT2D eigenvalue weighted by molar-refractivity contribution is 5.80. The molecular weight excluding hydrogens is 283 g/mol. The predicted molar refractivity (Wildman–Crippen MR) is 87.4 cm³/mol.